The predicted octanol–water partition coefficient (Wildman–Crippen LogP) is 4.04. The van der Waals surface area contributed by atoms with E-state index in [2.05, 4.69) is 11.4 Å². The van der Waals surface area contributed by atoms with Gasteiger partial charge in [0.05, 0.1) is 0 Å². The van der Waals surface area contributed by atoms with Crippen molar-refractivity contribution in [1.82, 2.24) is 5.32 Å². The summed E-state index contributed by atoms with van der Waals surface area (Å²) in [5.41, 5.74) is 0.934. The van der Waals surface area contributed by atoms with Crippen LogP contribution in [0.15, 0.2) is 35.7 Å². The first kappa shape index (κ1) is 12.6. The molecule has 0 aliphatic rings. The SMILES string of the molecule is CNC(Cc1cccs1)c1ccc(F)cc1Cl. The summed E-state index contributed by atoms with van der Waals surface area (Å²) in [5.74, 6) is -0.301. The Morgan fingerprint density at radius 2 is 2.24 bits per heavy atom. The molecule has 1 N–H and O–H groups in total. The molecule has 0 saturated heterocycles. The number of halogens is 2. The smallest absolute Gasteiger partial charge is 0.124 e. The Bertz CT molecular complexity index is 484. The molecule has 2 rings (SSSR count). The molecule has 1 heterocycles. The molecule has 90 valence electrons. The summed E-state index contributed by atoms with van der Waals surface area (Å²) < 4.78 is 13.0. The van der Waals surface area contributed by atoms with Gasteiger partial charge in [-0.2, -0.15) is 0 Å². The van der Waals surface area contributed by atoms with Crippen LogP contribution in [0, 0.1) is 5.82 Å². The predicted molar refractivity (Wildman–Crippen MR) is 71.2 cm³/mol. The van der Waals surface area contributed by atoms with Gasteiger partial charge in [0.15, 0.2) is 0 Å². The second-order valence-corrected chi connectivity index (χ2v) is 5.23. The number of rotatable bonds is 4. The van der Waals surface area contributed by atoms with Gasteiger partial charge in [-0.15, -0.1) is 11.3 Å². The Labute approximate surface area is 109 Å². The van der Waals surface area contributed by atoms with Crippen molar-refractivity contribution in [2.24, 2.45) is 0 Å². The van der Waals surface area contributed by atoms with Gasteiger partial charge in [-0.1, -0.05) is 23.7 Å². The third-order valence-corrected chi connectivity index (χ3v) is 3.90. The molecular formula is C13H13ClFNS. The van der Waals surface area contributed by atoms with Crippen molar-refractivity contribution in [3.63, 3.8) is 0 Å². The van der Waals surface area contributed by atoms with Crippen LogP contribution in [-0.2, 0) is 6.42 Å². The molecule has 0 spiro atoms. The fourth-order valence-corrected chi connectivity index (χ4v) is 2.83. The van der Waals surface area contributed by atoms with Crippen molar-refractivity contribution in [2.75, 3.05) is 7.05 Å². The molecule has 1 nitrogen and oxygen atoms in total. The maximum Gasteiger partial charge on any atom is 0.124 e. The number of benzene rings is 1. The summed E-state index contributed by atoms with van der Waals surface area (Å²) in [6.45, 7) is 0. The molecule has 1 atom stereocenters. The molecule has 0 fully saturated rings. The van der Waals surface area contributed by atoms with Gasteiger partial charge in [-0.05, 0) is 36.2 Å². The van der Waals surface area contributed by atoms with Crippen LogP contribution < -0.4 is 5.32 Å². The Hall–Kier alpha value is -0.900. The molecular weight excluding hydrogens is 257 g/mol. The first-order valence-corrected chi connectivity index (χ1v) is 6.61. The molecule has 4 heteroatoms. The van der Waals surface area contributed by atoms with Crippen molar-refractivity contribution in [1.29, 1.82) is 0 Å². The summed E-state index contributed by atoms with van der Waals surface area (Å²) in [6.07, 6.45) is 0.861. The molecule has 17 heavy (non-hydrogen) atoms. The number of thiophene rings is 1. The van der Waals surface area contributed by atoms with E-state index in [9.17, 15) is 4.39 Å². The summed E-state index contributed by atoms with van der Waals surface area (Å²) >= 11 is 7.78. The van der Waals surface area contributed by atoms with Crippen LogP contribution in [0.5, 0.6) is 0 Å². The molecule has 1 unspecified atom stereocenters. The van der Waals surface area contributed by atoms with Crippen molar-refractivity contribution in [3.8, 4) is 0 Å². The minimum atomic E-state index is -0.301. The quantitative estimate of drug-likeness (QED) is 0.883. The number of hydrogen-bond acceptors (Lipinski definition) is 2. The van der Waals surface area contributed by atoms with Gasteiger partial charge >= 0.3 is 0 Å². The average Bonchev–Trinajstić information content (AvgIpc) is 2.79. The van der Waals surface area contributed by atoms with E-state index >= 15 is 0 Å². The van der Waals surface area contributed by atoms with E-state index in [-0.39, 0.29) is 11.9 Å². The minimum Gasteiger partial charge on any atom is -0.313 e. The summed E-state index contributed by atoms with van der Waals surface area (Å²) in [6, 6.07) is 8.77. The maximum absolute atomic E-state index is 13.0. The van der Waals surface area contributed by atoms with Crippen LogP contribution >= 0.6 is 22.9 Å². The zero-order valence-electron chi connectivity index (χ0n) is 9.41. The molecule has 0 saturated carbocycles. The standard InChI is InChI=1S/C13H13ClFNS/c1-16-13(8-10-3-2-6-17-10)11-5-4-9(15)7-12(11)14/h2-7,13,16H,8H2,1H3. The van der Waals surface area contributed by atoms with Crippen LogP contribution in [0.2, 0.25) is 5.02 Å². The largest absolute Gasteiger partial charge is 0.313 e. The normalized spacial score (nSPS) is 12.6. The molecule has 0 aliphatic carbocycles. The van der Waals surface area contributed by atoms with Crippen molar-refractivity contribution < 1.29 is 4.39 Å². The molecule has 0 bridgehead atoms. The Morgan fingerprint density at radius 1 is 1.41 bits per heavy atom. The fourth-order valence-electron chi connectivity index (χ4n) is 1.78. The van der Waals surface area contributed by atoms with Gasteiger partial charge < -0.3 is 5.32 Å². The topological polar surface area (TPSA) is 12.0 Å². The van der Waals surface area contributed by atoms with Gasteiger partial charge in [-0.3, -0.25) is 0 Å². The highest BCUT2D eigenvalue weighted by Gasteiger charge is 2.14. The first-order valence-electron chi connectivity index (χ1n) is 5.35. The highest BCUT2D eigenvalue weighted by molar-refractivity contribution is 7.09. The zero-order chi connectivity index (χ0) is 12.3. The molecule has 2 aromatic rings. The molecule has 1 aromatic carbocycles. The lowest BCUT2D eigenvalue weighted by Crippen LogP contribution is -2.18. The van der Waals surface area contributed by atoms with Crippen LogP contribution in [0.3, 0.4) is 0 Å². The molecule has 1 aromatic heterocycles. The van der Waals surface area contributed by atoms with Crippen molar-refractivity contribution in [2.45, 2.75) is 12.5 Å². The number of hydrogen-bond donors (Lipinski definition) is 1. The van der Waals surface area contributed by atoms with Crippen LogP contribution in [0.25, 0.3) is 0 Å². The van der Waals surface area contributed by atoms with Crippen LogP contribution in [-0.4, -0.2) is 7.05 Å². The van der Waals surface area contributed by atoms with Crippen molar-refractivity contribution in [3.05, 3.63) is 57.0 Å². The fraction of sp³-hybridized carbons (Fsp3) is 0.231. The van der Waals surface area contributed by atoms with Gasteiger partial charge in [0.2, 0.25) is 0 Å². The lowest BCUT2D eigenvalue weighted by Gasteiger charge is -2.17. The van der Waals surface area contributed by atoms with Gasteiger partial charge in [0.25, 0.3) is 0 Å². The molecule has 0 aliphatic heterocycles. The van der Waals surface area contributed by atoms with E-state index in [1.165, 1.54) is 17.0 Å². The third-order valence-electron chi connectivity index (χ3n) is 2.67. The lowest BCUT2D eigenvalue weighted by atomic mass is 10.0. The van der Waals surface area contributed by atoms with Gasteiger partial charge in [-0.25, -0.2) is 4.39 Å². The Kier molecular flexibility index (Phi) is 4.15. The molecule has 0 radical (unpaired) electrons. The monoisotopic (exact) mass is 269 g/mol. The second-order valence-electron chi connectivity index (χ2n) is 3.79. The van der Waals surface area contributed by atoms with Crippen LogP contribution in [0.4, 0.5) is 4.39 Å². The highest BCUT2D eigenvalue weighted by Crippen LogP contribution is 2.27. The molecule has 0 amide bonds. The Balaban J connectivity index is 2.23. The zero-order valence-corrected chi connectivity index (χ0v) is 11.0. The van der Waals surface area contributed by atoms with E-state index in [4.69, 9.17) is 11.6 Å². The number of nitrogens with one attached hydrogen (secondary N) is 1. The second kappa shape index (κ2) is 5.63. The lowest BCUT2D eigenvalue weighted by molar-refractivity contribution is 0.590. The summed E-state index contributed by atoms with van der Waals surface area (Å²) in [7, 11) is 1.89. The van der Waals surface area contributed by atoms with Gasteiger partial charge in [0.1, 0.15) is 5.82 Å². The minimum absolute atomic E-state index is 0.113. The maximum atomic E-state index is 13.0. The third kappa shape index (κ3) is 3.06. The summed E-state index contributed by atoms with van der Waals surface area (Å²) in [4.78, 5) is 1.28. The van der Waals surface area contributed by atoms with Crippen LogP contribution in [0.1, 0.15) is 16.5 Å². The van der Waals surface area contributed by atoms with E-state index in [0.717, 1.165) is 12.0 Å². The van der Waals surface area contributed by atoms with E-state index < -0.39 is 0 Å². The highest BCUT2D eigenvalue weighted by atomic mass is 35.5. The summed E-state index contributed by atoms with van der Waals surface area (Å²) in [5, 5.41) is 5.74. The van der Waals surface area contributed by atoms with E-state index in [0.29, 0.717) is 5.02 Å². The van der Waals surface area contributed by atoms with Crippen molar-refractivity contribution >= 4 is 22.9 Å². The average molecular weight is 270 g/mol. The first-order chi connectivity index (χ1) is 8.20. The Morgan fingerprint density at radius 3 is 2.82 bits per heavy atom. The number of likely N-dealkylation sites (N-methyl/N-ethyl adjacent to an activating group) is 1. The van der Waals surface area contributed by atoms with E-state index in [1.54, 1.807) is 17.4 Å². The van der Waals surface area contributed by atoms with E-state index in [1.807, 2.05) is 18.5 Å². The van der Waals surface area contributed by atoms with Gasteiger partial charge in [0, 0.05) is 22.4 Å².